The van der Waals surface area contributed by atoms with Gasteiger partial charge < -0.3 is 15.4 Å². The van der Waals surface area contributed by atoms with Gasteiger partial charge in [0.25, 0.3) is 0 Å². The van der Waals surface area contributed by atoms with E-state index in [4.69, 9.17) is 10.5 Å². The molecule has 2 aliphatic rings. The van der Waals surface area contributed by atoms with Crippen LogP contribution in [0.15, 0.2) is 0 Å². The zero-order valence-corrected chi connectivity index (χ0v) is 11.4. The molecular formula is C14H26N2O2. The van der Waals surface area contributed by atoms with Crippen molar-refractivity contribution in [3.05, 3.63) is 0 Å². The van der Waals surface area contributed by atoms with Crippen LogP contribution in [0.1, 0.15) is 45.4 Å². The first-order valence-electron chi connectivity index (χ1n) is 7.38. The van der Waals surface area contributed by atoms with Crippen molar-refractivity contribution < 1.29 is 9.53 Å². The van der Waals surface area contributed by atoms with Crippen LogP contribution in [0, 0.1) is 5.92 Å². The van der Waals surface area contributed by atoms with Crippen LogP contribution >= 0.6 is 0 Å². The molecule has 1 heterocycles. The minimum atomic E-state index is -0.452. The fraction of sp³-hybridized carbons (Fsp3) is 0.929. The summed E-state index contributed by atoms with van der Waals surface area (Å²) in [6, 6.07) is 0.305. The Balaban J connectivity index is 1.77. The molecule has 0 aromatic carbocycles. The van der Waals surface area contributed by atoms with Crippen molar-refractivity contribution in [1.29, 1.82) is 0 Å². The molecule has 0 amide bonds. The van der Waals surface area contributed by atoms with Crippen LogP contribution in [0.4, 0.5) is 0 Å². The van der Waals surface area contributed by atoms with Crippen LogP contribution in [0.2, 0.25) is 0 Å². The Morgan fingerprint density at radius 2 is 2.17 bits per heavy atom. The molecular weight excluding hydrogens is 228 g/mol. The second-order valence-electron chi connectivity index (χ2n) is 5.58. The first kappa shape index (κ1) is 13.8. The van der Waals surface area contributed by atoms with Gasteiger partial charge in [0.15, 0.2) is 0 Å². The minimum absolute atomic E-state index is 0.252. The fourth-order valence-electron chi connectivity index (χ4n) is 3.51. The molecule has 4 nitrogen and oxygen atoms in total. The Labute approximate surface area is 110 Å². The molecule has 104 valence electrons. The zero-order chi connectivity index (χ0) is 13.0. The van der Waals surface area contributed by atoms with Gasteiger partial charge in [-0.2, -0.15) is 0 Å². The van der Waals surface area contributed by atoms with E-state index in [1.54, 1.807) is 0 Å². The number of nitrogens with zero attached hydrogens (tertiary/aromatic N) is 1. The Morgan fingerprint density at radius 1 is 1.39 bits per heavy atom. The summed E-state index contributed by atoms with van der Waals surface area (Å²) in [5, 5.41) is 0. The number of piperidine rings is 1. The lowest BCUT2D eigenvalue weighted by Gasteiger charge is -2.38. The van der Waals surface area contributed by atoms with Gasteiger partial charge >= 0.3 is 5.97 Å². The van der Waals surface area contributed by atoms with Crippen molar-refractivity contribution in [3.63, 3.8) is 0 Å². The van der Waals surface area contributed by atoms with Crippen LogP contribution in [-0.2, 0) is 9.53 Å². The van der Waals surface area contributed by atoms with E-state index in [9.17, 15) is 4.79 Å². The monoisotopic (exact) mass is 254 g/mol. The molecule has 1 aliphatic heterocycles. The lowest BCUT2D eigenvalue weighted by Crippen LogP contribution is -2.45. The maximum Gasteiger partial charge on any atom is 0.322 e. The number of esters is 1. The molecule has 1 saturated carbocycles. The molecule has 0 aromatic rings. The highest BCUT2D eigenvalue weighted by Gasteiger charge is 2.34. The standard InChI is InChI=1S/C14H26N2O2/c1-2-18-14(17)12(15)8-10-16-9-4-6-11-5-3-7-13(11)16/h11-13H,2-10,15H2,1H3. The normalized spacial score (nSPS) is 29.9. The molecule has 1 saturated heterocycles. The van der Waals surface area contributed by atoms with E-state index >= 15 is 0 Å². The minimum Gasteiger partial charge on any atom is -0.465 e. The Morgan fingerprint density at radius 3 is 2.94 bits per heavy atom. The van der Waals surface area contributed by atoms with Crippen molar-refractivity contribution in [1.82, 2.24) is 4.90 Å². The summed E-state index contributed by atoms with van der Waals surface area (Å²) >= 11 is 0. The van der Waals surface area contributed by atoms with E-state index in [-0.39, 0.29) is 5.97 Å². The van der Waals surface area contributed by atoms with Crippen LogP contribution in [0.5, 0.6) is 0 Å². The predicted octanol–water partition coefficient (Wildman–Crippen LogP) is 1.53. The summed E-state index contributed by atoms with van der Waals surface area (Å²) in [6.07, 6.45) is 7.52. The van der Waals surface area contributed by atoms with E-state index in [1.165, 1.54) is 38.6 Å². The summed E-state index contributed by atoms with van der Waals surface area (Å²) in [4.78, 5) is 14.0. The zero-order valence-electron chi connectivity index (χ0n) is 11.4. The largest absolute Gasteiger partial charge is 0.465 e. The summed E-state index contributed by atoms with van der Waals surface area (Å²) in [5.74, 6) is 0.648. The quantitative estimate of drug-likeness (QED) is 0.756. The maximum absolute atomic E-state index is 11.5. The van der Waals surface area contributed by atoms with Crippen molar-refractivity contribution in [2.24, 2.45) is 11.7 Å². The van der Waals surface area contributed by atoms with E-state index in [0.717, 1.165) is 24.9 Å². The highest BCUT2D eigenvalue weighted by Crippen LogP contribution is 2.36. The van der Waals surface area contributed by atoms with Gasteiger partial charge in [0, 0.05) is 12.6 Å². The Kier molecular flexibility index (Phi) is 5.01. The highest BCUT2D eigenvalue weighted by molar-refractivity contribution is 5.75. The molecule has 0 bridgehead atoms. The molecule has 3 atom stereocenters. The van der Waals surface area contributed by atoms with Crippen molar-refractivity contribution in [2.45, 2.75) is 57.5 Å². The summed E-state index contributed by atoms with van der Waals surface area (Å²) < 4.78 is 4.95. The Bertz CT molecular complexity index is 283. The SMILES string of the molecule is CCOC(=O)C(N)CCN1CCCC2CCCC21. The van der Waals surface area contributed by atoms with Gasteiger partial charge in [-0.3, -0.25) is 4.79 Å². The molecule has 2 rings (SSSR count). The highest BCUT2D eigenvalue weighted by atomic mass is 16.5. The first-order valence-corrected chi connectivity index (χ1v) is 7.38. The van der Waals surface area contributed by atoms with E-state index in [1.807, 2.05) is 6.92 Å². The molecule has 0 radical (unpaired) electrons. The van der Waals surface area contributed by atoms with Gasteiger partial charge in [-0.05, 0) is 51.5 Å². The number of rotatable bonds is 5. The fourth-order valence-corrected chi connectivity index (χ4v) is 3.51. The molecule has 2 fully saturated rings. The number of carbonyl (C=O) groups excluding carboxylic acids is 1. The number of fused-ring (bicyclic) bond motifs is 1. The average Bonchev–Trinajstić information content (AvgIpc) is 2.84. The number of hydrogen-bond acceptors (Lipinski definition) is 4. The summed E-state index contributed by atoms with van der Waals surface area (Å²) in [5.41, 5.74) is 5.86. The smallest absolute Gasteiger partial charge is 0.322 e. The maximum atomic E-state index is 11.5. The van der Waals surface area contributed by atoms with Crippen LogP contribution in [0.25, 0.3) is 0 Å². The number of nitrogens with two attached hydrogens (primary N) is 1. The van der Waals surface area contributed by atoms with Gasteiger partial charge in [0.05, 0.1) is 6.61 Å². The molecule has 3 unspecified atom stereocenters. The Hall–Kier alpha value is -0.610. The lowest BCUT2D eigenvalue weighted by molar-refractivity contribution is -0.145. The molecule has 4 heteroatoms. The van der Waals surface area contributed by atoms with Crippen molar-refractivity contribution in [2.75, 3.05) is 19.7 Å². The van der Waals surface area contributed by atoms with E-state index < -0.39 is 6.04 Å². The number of ether oxygens (including phenoxy) is 1. The van der Waals surface area contributed by atoms with Gasteiger partial charge in [-0.1, -0.05) is 6.42 Å². The van der Waals surface area contributed by atoms with E-state index in [0.29, 0.717) is 6.61 Å². The number of hydrogen-bond donors (Lipinski definition) is 1. The third-order valence-corrected chi connectivity index (χ3v) is 4.42. The number of likely N-dealkylation sites (tertiary alicyclic amines) is 1. The van der Waals surface area contributed by atoms with Gasteiger partial charge in [0.2, 0.25) is 0 Å². The number of carbonyl (C=O) groups is 1. The molecule has 1 aliphatic carbocycles. The lowest BCUT2D eigenvalue weighted by atomic mass is 9.91. The first-order chi connectivity index (χ1) is 8.72. The van der Waals surface area contributed by atoms with Crippen molar-refractivity contribution in [3.8, 4) is 0 Å². The van der Waals surface area contributed by atoms with Crippen LogP contribution in [-0.4, -0.2) is 42.6 Å². The molecule has 0 aromatic heterocycles. The summed E-state index contributed by atoms with van der Waals surface area (Å²) in [6.45, 7) is 4.36. The van der Waals surface area contributed by atoms with Crippen LogP contribution < -0.4 is 5.73 Å². The topological polar surface area (TPSA) is 55.6 Å². The van der Waals surface area contributed by atoms with Crippen LogP contribution in [0.3, 0.4) is 0 Å². The average molecular weight is 254 g/mol. The van der Waals surface area contributed by atoms with Gasteiger partial charge in [-0.25, -0.2) is 0 Å². The van der Waals surface area contributed by atoms with Crippen molar-refractivity contribution >= 4 is 5.97 Å². The third kappa shape index (κ3) is 3.23. The van der Waals surface area contributed by atoms with E-state index in [2.05, 4.69) is 4.90 Å². The third-order valence-electron chi connectivity index (χ3n) is 4.42. The molecule has 2 N–H and O–H groups in total. The summed E-state index contributed by atoms with van der Waals surface area (Å²) in [7, 11) is 0. The second kappa shape index (κ2) is 6.53. The predicted molar refractivity (Wildman–Crippen MR) is 71.2 cm³/mol. The van der Waals surface area contributed by atoms with Gasteiger partial charge in [0.1, 0.15) is 6.04 Å². The van der Waals surface area contributed by atoms with Gasteiger partial charge in [-0.15, -0.1) is 0 Å². The molecule has 18 heavy (non-hydrogen) atoms. The molecule has 0 spiro atoms. The second-order valence-corrected chi connectivity index (χ2v) is 5.58.